The fourth-order valence-corrected chi connectivity index (χ4v) is 1.29. The molecule has 2 rings (SSSR count). The molecule has 0 radical (unpaired) electrons. The van der Waals surface area contributed by atoms with Gasteiger partial charge < -0.3 is 4.98 Å². The number of hydrogen-bond acceptors (Lipinski definition) is 2. The van der Waals surface area contributed by atoms with Crippen molar-refractivity contribution in [2.45, 2.75) is 26.2 Å². The summed E-state index contributed by atoms with van der Waals surface area (Å²) in [7, 11) is 0. The molecule has 3 nitrogen and oxygen atoms in total. The van der Waals surface area contributed by atoms with Crippen LogP contribution in [-0.4, -0.2) is 15.0 Å². The average molecular weight is 177 g/mol. The number of H-pyrrole nitrogens is 1. The van der Waals surface area contributed by atoms with Crippen molar-refractivity contribution in [3.63, 3.8) is 0 Å². The van der Waals surface area contributed by atoms with Gasteiger partial charge in [0.15, 0.2) is 5.65 Å². The van der Waals surface area contributed by atoms with Crippen molar-refractivity contribution in [3.8, 4) is 0 Å². The Morgan fingerprint density at radius 2 is 2.46 bits per heavy atom. The quantitative estimate of drug-likeness (QED) is 0.766. The summed E-state index contributed by atoms with van der Waals surface area (Å²) in [6, 6.07) is 3.92. The van der Waals surface area contributed by atoms with Crippen molar-refractivity contribution in [1.29, 1.82) is 0 Å². The van der Waals surface area contributed by atoms with E-state index in [4.69, 9.17) is 0 Å². The molecule has 0 saturated heterocycles. The maximum absolute atomic E-state index is 4.42. The van der Waals surface area contributed by atoms with Crippen LogP contribution in [-0.2, 0) is 0 Å². The van der Waals surface area contributed by atoms with Crippen molar-refractivity contribution in [2.75, 3.05) is 0 Å². The molecule has 2 aromatic rings. The summed E-state index contributed by atoms with van der Waals surface area (Å²) in [6.45, 7) is 4.32. The van der Waals surface area contributed by atoms with Crippen molar-refractivity contribution >= 4 is 11.2 Å². The van der Waals surface area contributed by atoms with E-state index in [0.29, 0.717) is 5.92 Å². The molecule has 1 atom stereocenters. The van der Waals surface area contributed by atoms with Gasteiger partial charge in [-0.1, -0.05) is 13.8 Å². The highest BCUT2D eigenvalue weighted by Crippen LogP contribution is 2.17. The van der Waals surface area contributed by atoms with E-state index in [1.807, 2.05) is 12.1 Å². The fourth-order valence-electron chi connectivity index (χ4n) is 1.29. The summed E-state index contributed by atoms with van der Waals surface area (Å²) in [5, 5.41) is 0. The van der Waals surface area contributed by atoms with Gasteiger partial charge in [-0.25, -0.2) is 9.97 Å². The molecule has 0 aliphatic carbocycles. The molecule has 3 heteroatoms. The average Bonchev–Trinajstić information content (AvgIpc) is 2.59. The first-order valence-corrected chi connectivity index (χ1v) is 4.62. The molecule has 0 aliphatic rings. The molecule has 2 heterocycles. The normalized spacial score (nSPS) is 13.4. The van der Waals surface area contributed by atoms with Gasteiger partial charge >= 0.3 is 0 Å². The number of aromatic amines is 1. The van der Waals surface area contributed by atoms with E-state index in [1.165, 1.54) is 0 Å². The Morgan fingerprint density at radius 1 is 1.62 bits per heavy atom. The van der Waals surface area contributed by atoms with Crippen LogP contribution in [0.2, 0.25) is 0 Å². The first kappa shape index (κ1) is 8.23. The summed E-state index contributed by atoms with van der Waals surface area (Å²) in [4.78, 5) is 11.9. The third kappa shape index (κ3) is 1.41. The highest BCUT2D eigenvalue weighted by Gasteiger charge is 2.08. The number of hydrogen-bond donors (Lipinski definition) is 1. The SMILES string of the molecule is CCC(C)c1nc2ncccc2[nH]1.[HH]. The van der Waals surface area contributed by atoms with Crippen molar-refractivity contribution in [2.24, 2.45) is 0 Å². The predicted molar refractivity (Wildman–Crippen MR) is 54.7 cm³/mol. The smallest absolute Gasteiger partial charge is 0.177 e. The summed E-state index contributed by atoms with van der Waals surface area (Å²) in [5.41, 5.74) is 1.84. The molecular weight excluding hydrogens is 162 g/mol. The van der Waals surface area contributed by atoms with Crippen LogP contribution >= 0.6 is 0 Å². The Morgan fingerprint density at radius 3 is 3.15 bits per heavy atom. The maximum Gasteiger partial charge on any atom is 0.177 e. The fraction of sp³-hybridized carbons (Fsp3) is 0.400. The first-order valence-electron chi connectivity index (χ1n) is 4.62. The Kier molecular flexibility index (Phi) is 2.00. The molecule has 2 aromatic heterocycles. The van der Waals surface area contributed by atoms with E-state index in [2.05, 4.69) is 28.8 Å². The second kappa shape index (κ2) is 3.17. The van der Waals surface area contributed by atoms with Gasteiger partial charge in [-0.05, 0) is 18.6 Å². The van der Waals surface area contributed by atoms with Crippen LogP contribution < -0.4 is 0 Å². The van der Waals surface area contributed by atoms with Gasteiger partial charge in [-0.15, -0.1) is 0 Å². The molecule has 0 spiro atoms. The van der Waals surface area contributed by atoms with Crippen molar-refractivity contribution in [1.82, 2.24) is 15.0 Å². The van der Waals surface area contributed by atoms with Crippen LogP contribution in [0.3, 0.4) is 0 Å². The molecule has 0 saturated carbocycles. The Labute approximate surface area is 78.7 Å². The van der Waals surface area contributed by atoms with Crippen molar-refractivity contribution in [3.05, 3.63) is 24.2 Å². The lowest BCUT2D eigenvalue weighted by Gasteiger charge is -2.01. The van der Waals surface area contributed by atoms with Crippen LogP contribution in [0.4, 0.5) is 0 Å². The maximum atomic E-state index is 4.42. The third-order valence-corrected chi connectivity index (χ3v) is 2.35. The van der Waals surface area contributed by atoms with Gasteiger partial charge in [-0.3, -0.25) is 0 Å². The lowest BCUT2D eigenvalue weighted by molar-refractivity contribution is 0.691. The molecular formula is C10H15N3. The molecule has 13 heavy (non-hydrogen) atoms. The monoisotopic (exact) mass is 177 g/mol. The number of aromatic nitrogens is 3. The molecule has 0 bridgehead atoms. The second-order valence-electron chi connectivity index (χ2n) is 3.31. The van der Waals surface area contributed by atoms with E-state index in [-0.39, 0.29) is 1.43 Å². The molecule has 0 fully saturated rings. The van der Waals surface area contributed by atoms with E-state index in [0.717, 1.165) is 23.4 Å². The summed E-state index contributed by atoms with van der Waals surface area (Å²) >= 11 is 0. The van der Waals surface area contributed by atoms with Gasteiger partial charge in [0.25, 0.3) is 0 Å². The number of nitrogens with one attached hydrogen (secondary N) is 1. The molecule has 0 aromatic carbocycles. The zero-order chi connectivity index (χ0) is 9.26. The van der Waals surface area contributed by atoms with E-state index >= 15 is 0 Å². The third-order valence-electron chi connectivity index (χ3n) is 2.35. The topological polar surface area (TPSA) is 41.6 Å². The second-order valence-corrected chi connectivity index (χ2v) is 3.31. The number of pyridine rings is 1. The lowest BCUT2D eigenvalue weighted by atomic mass is 10.1. The van der Waals surface area contributed by atoms with Crippen LogP contribution in [0.5, 0.6) is 0 Å². The van der Waals surface area contributed by atoms with E-state index < -0.39 is 0 Å². The number of fused-ring (bicyclic) bond motifs is 1. The number of rotatable bonds is 2. The van der Waals surface area contributed by atoms with Crippen LogP contribution in [0.1, 0.15) is 33.4 Å². The number of nitrogens with zero attached hydrogens (tertiary/aromatic N) is 2. The van der Waals surface area contributed by atoms with Crippen molar-refractivity contribution < 1.29 is 1.43 Å². The van der Waals surface area contributed by atoms with E-state index in [1.54, 1.807) is 6.20 Å². The molecule has 0 amide bonds. The summed E-state index contributed by atoms with van der Waals surface area (Å²) in [5.74, 6) is 1.52. The zero-order valence-electron chi connectivity index (χ0n) is 7.91. The summed E-state index contributed by atoms with van der Waals surface area (Å²) < 4.78 is 0. The lowest BCUT2D eigenvalue weighted by Crippen LogP contribution is -1.93. The van der Waals surface area contributed by atoms with Crippen LogP contribution in [0, 0.1) is 0 Å². The minimum Gasteiger partial charge on any atom is -0.340 e. The minimum atomic E-state index is 0. The minimum absolute atomic E-state index is 0. The molecule has 1 N–H and O–H groups in total. The highest BCUT2D eigenvalue weighted by atomic mass is 15.0. The van der Waals surface area contributed by atoms with Gasteiger partial charge in [0.2, 0.25) is 0 Å². The number of imidazole rings is 1. The van der Waals surface area contributed by atoms with Gasteiger partial charge in [0, 0.05) is 13.5 Å². The van der Waals surface area contributed by atoms with Gasteiger partial charge in [0.05, 0.1) is 5.52 Å². The summed E-state index contributed by atoms with van der Waals surface area (Å²) in [6.07, 6.45) is 2.86. The molecule has 1 unspecified atom stereocenters. The largest absolute Gasteiger partial charge is 0.340 e. The Hall–Kier alpha value is -1.38. The Bertz CT molecular complexity index is 377. The van der Waals surface area contributed by atoms with Crippen LogP contribution in [0.25, 0.3) is 11.2 Å². The highest BCUT2D eigenvalue weighted by molar-refractivity contribution is 5.69. The van der Waals surface area contributed by atoms with E-state index in [9.17, 15) is 0 Å². The molecule has 70 valence electrons. The van der Waals surface area contributed by atoms with Gasteiger partial charge in [0.1, 0.15) is 5.82 Å². The Balaban J connectivity index is 0.000000980. The van der Waals surface area contributed by atoms with Gasteiger partial charge in [-0.2, -0.15) is 0 Å². The standard InChI is InChI=1S/C10H13N3.H2/c1-3-7(2)9-12-8-5-4-6-11-10(8)13-9;/h4-7H,3H2,1-2H3,(H,11,12,13);1H. The first-order chi connectivity index (χ1) is 6.31. The zero-order valence-corrected chi connectivity index (χ0v) is 7.91. The molecule has 0 aliphatic heterocycles. The van der Waals surface area contributed by atoms with Crippen LogP contribution in [0.15, 0.2) is 18.3 Å². The predicted octanol–water partition coefficient (Wildman–Crippen LogP) is 2.72.